The van der Waals surface area contributed by atoms with Crippen molar-refractivity contribution in [3.05, 3.63) is 65.5 Å². The van der Waals surface area contributed by atoms with Gasteiger partial charge in [0, 0.05) is 36.1 Å². The maximum Gasteiger partial charge on any atom is 0.417 e. The minimum atomic E-state index is -4.56. The van der Waals surface area contributed by atoms with Gasteiger partial charge in [-0.05, 0) is 48.7 Å². The molecule has 0 aliphatic heterocycles. The molecule has 0 fully saturated rings. The molecule has 1 heterocycles. The molecule has 0 saturated carbocycles. The SMILES string of the molecule is CCN(c1ccc(C#N)c(C(F)(F)F)c1)C1CC=C(c2cccnc2)C1(C)C. The second-order valence-corrected chi connectivity index (χ2v) is 7.46. The summed E-state index contributed by atoms with van der Waals surface area (Å²) >= 11 is 0. The van der Waals surface area contributed by atoms with Crippen LogP contribution in [0.1, 0.15) is 43.9 Å². The molecule has 6 heteroatoms. The summed E-state index contributed by atoms with van der Waals surface area (Å²) in [6.45, 7) is 6.72. The van der Waals surface area contributed by atoms with Crippen molar-refractivity contribution >= 4 is 11.3 Å². The van der Waals surface area contributed by atoms with Gasteiger partial charge in [-0.25, -0.2) is 0 Å². The lowest BCUT2D eigenvalue weighted by Crippen LogP contribution is -2.43. The average molecular weight is 385 g/mol. The molecule has 0 N–H and O–H groups in total. The lowest BCUT2D eigenvalue weighted by Gasteiger charge is -2.40. The zero-order valence-corrected chi connectivity index (χ0v) is 16.1. The predicted molar refractivity (Wildman–Crippen MR) is 104 cm³/mol. The number of aromatic nitrogens is 1. The summed E-state index contributed by atoms with van der Waals surface area (Å²) in [7, 11) is 0. The van der Waals surface area contributed by atoms with Crippen LogP contribution >= 0.6 is 0 Å². The molecule has 1 atom stereocenters. The van der Waals surface area contributed by atoms with Crippen molar-refractivity contribution in [1.82, 2.24) is 4.98 Å². The van der Waals surface area contributed by atoms with Crippen LogP contribution in [0, 0.1) is 16.7 Å². The largest absolute Gasteiger partial charge is 0.417 e. The number of rotatable bonds is 4. The Kier molecular flexibility index (Phi) is 5.20. The number of hydrogen-bond acceptors (Lipinski definition) is 3. The highest BCUT2D eigenvalue weighted by Crippen LogP contribution is 2.47. The molecule has 1 aromatic heterocycles. The van der Waals surface area contributed by atoms with Crippen molar-refractivity contribution in [2.75, 3.05) is 11.4 Å². The zero-order valence-electron chi connectivity index (χ0n) is 16.1. The number of nitriles is 1. The van der Waals surface area contributed by atoms with E-state index in [-0.39, 0.29) is 17.0 Å². The van der Waals surface area contributed by atoms with Crippen LogP contribution in [0.5, 0.6) is 0 Å². The summed E-state index contributed by atoms with van der Waals surface area (Å²) < 4.78 is 40.2. The summed E-state index contributed by atoms with van der Waals surface area (Å²) in [5, 5.41) is 9.05. The van der Waals surface area contributed by atoms with E-state index >= 15 is 0 Å². The van der Waals surface area contributed by atoms with Gasteiger partial charge in [0.15, 0.2) is 0 Å². The second kappa shape index (κ2) is 7.31. The van der Waals surface area contributed by atoms with Gasteiger partial charge in [-0.3, -0.25) is 4.98 Å². The first-order valence-electron chi connectivity index (χ1n) is 9.19. The Morgan fingerprint density at radius 2 is 2.04 bits per heavy atom. The molecule has 0 saturated heterocycles. The maximum atomic E-state index is 13.4. The first kappa shape index (κ1) is 19.9. The minimum Gasteiger partial charge on any atom is -0.368 e. The Morgan fingerprint density at radius 1 is 1.29 bits per heavy atom. The Balaban J connectivity index is 1.98. The Labute approximate surface area is 163 Å². The van der Waals surface area contributed by atoms with Gasteiger partial charge < -0.3 is 4.90 Å². The first-order chi connectivity index (χ1) is 13.2. The van der Waals surface area contributed by atoms with Crippen molar-refractivity contribution in [2.45, 2.75) is 39.4 Å². The van der Waals surface area contributed by atoms with Crippen LogP contribution in [0.4, 0.5) is 18.9 Å². The van der Waals surface area contributed by atoms with Crippen LogP contribution in [0.2, 0.25) is 0 Å². The number of anilines is 1. The van der Waals surface area contributed by atoms with E-state index in [9.17, 15) is 13.2 Å². The van der Waals surface area contributed by atoms with Gasteiger partial charge in [0.25, 0.3) is 0 Å². The third kappa shape index (κ3) is 3.49. The topological polar surface area (TPSA) is 39.9 Å². The maximum absolute atomic E-state index is 13.4. The molecule has 3 rings (SSSR count). The monoisotopic (exact) mass is 385 g/mol. The third-order valence-corrected chi connectivity index (χ3v) is 5.52. The fourth-order valence-corrected chi connectivity index (χ4v) is 4.12. The van der Waals surface area contributed by atoms with E-state index in [1.807, 2.05) is 30.2 Å². The van der Waals surface area contributed by atoms with E-state index in [4.69, 9.17) is 5.26 Å². The Bertz CT molecular complexity index is 924. The number of halogens is 3. The van der Waals surface area contributed by atoms with E-state index in [2.05, 4.69) is 24.9 Å². The van der Waals surface area contributed by atoms with E-state index < -0.39 is 11.7 Å². The van der Waals surface area contributed by atoms with E-state index in [0.29, 0.717) is 12.2 Å². The molecular weight excluding hydrogens is 363 g/mol. The van der Waals surface area contributed by atoms with Gasteiger partial charge in [0.1, 0.15) is 0 Å². The van der Waals surface area contributed by atoms with Crippen molar-refractivity contribution in [3.8, 4) is 6.07 Å². The molecule has 1 aliphatic rings. The fourth-order valence-electron chi connectivity index (χ4n) is 4.12. The third-order valence-electron chi connectivity index (χ3n) is 5.52. The van der Waals surface area contributed by atoms with Crippen molar-refractivity contribution in [2.24, 2.45) is 5.41 Å². The quantitative estimate of drug-likeness (QED) is 0.680. The van der Waals surface area contributed by atoms with Crippen molar-refractivity contribution in [3.63, 3.8) is 0 Å². The van der Waals surface area contributed by atoms with Crippen LogP contribution < -0.4 is 4.90 Å². The Morgan fingerprint density at radius 3 is 2.61 bits per heavy atom. The molecular formula is C22H22F3N3. The van der Waals surface area contributed by atoms with Crippen LogP contribution in [0.3, 0.4) is 0 Å². The predicted octanol–water partition coefficient (Wildman–Crippen LogP) is 5.68. The average Bonchev–Trinajstić information content (AvgIpc) is 2.97. The summed E-state index contributed by atoms with van der Waals surface area (Å²) in [4.78, 5) is 6.19. The van der Waals surface area contributed by atoms with Crippen molar-refractivity contribution < 1.29 is 13.2 Å². The highest BCUT2D eigenvalue weighted by atomic mass is 19.4. The van der Waals surface area contributed by atoms with E-state index in [0.717, 1.165) is 23.6 Å². The standard InChI is InChI=1S/C22H22F3N3/c1-4-28(17-8-7-15(13-26)19(12-17)22(23,24)25)20-10-9-18(21(20,2)3)16-6-5-11-27-14-16/h5-9,11-12,14,20H,4,10H2,1-3H3. The molecule has 1 aliphatic carbocycles. The molecule has 1 aromatic carbocycles. The van der Waals surface area contributed by atoms with Crippen LogP contribution in [0.25, 0.3) is 5.57 Å². The molecule has 0 radical (unpaired) electrons. The summed E-state index contributed by atoms with van der Waals surface area (Å²) in [6.07, 6.45) is 1.85. The smallest absolute Gasteiger partial charge is 0.368 e. The molecule has 3 nitrogen and oxygen atoms in total. The van der Waals surface area contributed by atoms with Crippen LogP contribution in [-0.4, -0.2) is 17.6 Å². The first-order valence-corrected chi connectivity index (χ1v) is 9.19. The normalized spacial score (nSPS) is 18.5. The van der Waals surface area contributed by atoms with Gasteiger partial charge in [-0.15, -0.1) is 0 Å². The summed E-state index contributed by atoms with van der Waals surface area (Å²) in [5.74, 6) is 0. The second-order valence-electron chi connectivity index (χ2n) is 7.46. The number of hydrogen-bond donors (Lipinski definition) is 0. The van der Waals surface area contributed by atoms with Crippen LogP contribution in [0.15, 0.2) is 48.8 Å². The number of benzene rings is 1. The van der Waals surface area contributed by atoms with E-state index in [1.54, 1.807) is 18.3 Å². The molecule has 28 heavy (non-hydrogen) atoms. The molecule has 1 unspecified atom stereocenters. The van der Waals surface area contributed by atoms with Gasteiger partial charge in [0.2, 0.25) is 0 Å². The Hall–Kier alpha value is -2.81. The number of pyridine rings is 1. The molecule has 146 valence electrons. The lowest BCUT2D eigenvalue weighted by atomic mass is 9.78. The molecule has 2 aromatic rings. The lowest BCUT2D eigenvalue weighted by molar-refractivity contribution is -0.137. The number of alkyl halides is 3. The summed E-state index contributed by atoms with van der Waals surface area (Å²) in [5.41, 5.74) is 1.14. The molecule has 0 amide bonds. The van der Waals surface area contributed by atoms with Crippen LogP contribution in [-0.2, 0) is 6.18 Å². The van der Waals surface area contributed by atoms with E-state index in [1.165, 1.54) is 6.07 Å². The van der Waals surface area contributed by atoms with Gasteiger partial charge in [0.05, 0.1) is 17.2 Å². The van der Waals surface area contributed by atoms with Gasteiger partial charge >= 0.3 is 6.18 Å². The van der Waals surface area contributed by atoms with Gasteiger partial charge in [-0.2, -0.15) is 18.4 Å². The van der Waals surface area contributed by atoms with Gasteiger partial charge in [-0.1, -0.05) is 26.0 Å². The molecule has 0 bridgehead atoms. The molecule has 0 spiro atoms. The highest BCUT2D eigenvalue weighted by molar-refractivity contribution is 5.74. The van der Waals surface area contributed by atoms with Crippen molar-refractivity contribution in [1.29, 1.82) is 5.26 Å². The summed E-state index contributed by atoms with van der Waals surface area (Å²) in [6, 6.07) is 9.50. The highest BCUT2D eigenvalue weighted by Gasteiger charge is 2.42. The fraction of sp³-hybridized carbons (Fsp3) is 0.364. The zero-order chi connectivity index (χ0) is 20.5. The number of nitrogens with zero attached hydrogens (tertiary/aromatic N) is 3. The minimum absolute atomic E-state index is 0.00160.